The highest BCUT2D eigenvalue weighted by molar-refractivity contribution is 7.26. The second-order valence-electron chi connectivity index (χ2n) is 11.0. The molecular formula is C40H25N3S. The van der Waals surface area contributed by atoms with Gasteiger partial charge in [-0.3, -0.25) is 0 Å². The Hall–Kier alpha value is -5.58. The zero-order chi connectivity index (χ0) is 29.0. The van der Waals surface area contributed by atoms with E-state index >= 15 is 0 Å². The molecule has 9 rings (SSSR count). The number of hydrogen-bond donors (Lipinski definition) is 0. The van der Waals surface area contributed by atoms with E-state index in [1.54, 1.807) is 0 Å². The molecule has 4 heteroatoms. The lowest BCUT2D eigenvalue weighted by Gasteiger charge is -2.13. The molecule has 0 spiro atoms. The van der Waals surface area contributed by atoms with E-state index in [4.69, 9.17) is 9.97 Å². The Morgan fingerprint density at radius 1 is 0.455 bits per heavy atom. The lowest BCUT2D eigenvalue weighted by atomic mass is 10.0. The Balaban J connectivity index is 1.40. The summed E-state index contributed by atoms with van der Waals surface area (Å²) in [6, 6.07) is 53.5. The number of hydrogen-bond acceptors (Lipinski definition) is 3. The first-order valence-electron chi connectivity index (χ1n) is 14.8. The van der Waals surface area contributed by atoms with Crippen LogP contribution in [0.5, 0.6) is 0 Å². The summed E-state index contributed by atoms with van der Waals surface area (Å²) in [5.74, 6) is 0.726. The standard InChI is InChI=1S/C40H25N3S/c1-3-13-26(14-4-1)34-25-35(27-15-5-2-6-16-27)42-40(41-34)33-24-28(23-32-31-19-9-12-22-38(31)44-39(32)33)43-36-20-10-7-17-29(36)30-18-8-11-21-37(30)43/h1-25H. The summed E-state index contributed by atoms with van der Waals surface area (Å²) in [4.78, 5) is 10.5. The Morgan fingerprint density at radius 3 is 1.59 bits per heavy atom. The Bertz CT molecular complexity index is 2380. The summed E-state index contributed by atoms with van der Waals surface area (Å²) in [6.07, 6.45) is 0. The smallest absolute Gasteiger partial charge is 0.161 e. The molecule has 0 radical (unpaired) electrons. The second-order valence-corrected chi connectivity index (χ2v) is 12.1. The van der Waals surface area contributed by atoms with Crippen molar-refractivity contribution in [3.63, 3.8) is 0 Å². The van der Waals surface area contributed by atoms with Crippen LogP contribution in [0, 0.1) is 0 Å². The van der Waals surface area contributed by atoms with Crippen LogP contribution in [0.3, 0.4) is 0 Å². The first-order valence-corrected chi connectivity index (χ1v) is 15.6. The number of para-hydroxylation sites is 2. The van der Waals surface area contributed by atoms with Gasteiger partial charge in [-0.25, -0.2) is 9.97 Å². The van der Waals surface area contributed by atoms with Gasteiger partial charge in [0.05, 0.1) is 22.4 Å². The van der Waals surface area contributed by atoms with E-state index in [-0.39, 0.29) is 0 Å². The van der Waals surface area contributed by atoms with Gasteiger partial charge in [-0.15, -0.1) is 11.3 Å². The predicted octanol–water partition coefficient (Wildman–Crippen LogP) is 10.9. The van der Waals surface area contributed by atoms with Gasteiger partial charge in [0.1, 0.15) is 0 Å². The van der Waals surface area contributed by atoms with Crippen LogP contribution in [0.25, 0.3) is 81.6 Å². The van der Waals surface area contributed by atoms with E-state index in [0.29, 0.717) is 0 Å². The lowest BCUT2D eigenvalue weighted by molar-refractivity contribution is 1.17. The van der Waals surface area contributed by atoms with Gasteiger partial charge in [0.2, 0.25) is 0 Å². The SMILES string of the molecule is c1ccc(-c2cc(-c3ccccc3)nc(-c3cc(-n4c5ccccc5c5ccccc54)cc4c3sc3ccccc34)n2)cc1. The Labute approximate surface area is 258 Å². The molecule has 0 saturated carbocycles. The molecule has 0 aliphatic carbocycles. The lowest BCUT2D eigenvalue weighted by Crippen LogP contribution is -1.98. The number of thiophene rings is 1. The van der Waals surface area contributed by atoms with E-state index in [2.05, 4.69) is 144 Å². The maximum Gasteiger partial charge on any atom is 0.161 e. The van der Waals surface area contributed by atoms with E-state index in [1.807, 2.05) is 23.5 Å². The van der Waals surface area contributed by atoms with Crippen molar-refractivity contribution < 1.29 is 0 Å². The fourth-order valence-electron chi connectivity index (χ4n) is 6.39. The zero-order valence-corrected chi connectivity index (χ0v) is 24.5. The molecule has 0 aliphatic heterocycles. The molecule has 0 bridgehead atoms. The molecule has 0 N–H and O–H groups in total. The molecule has 0 saturated heterocycles. The van der Waals surface area contributed by atoms with Crippen molar-refractivity contribution in [2.24, 2.45) is 0 Å². The van der Waals surface area contributed by atoms with E-state index < -0.39 is 0 Å². The minimum absolute atomic E-state index is 0.726. The van der Waals surface area contributed by atoms with Crippen LogP contribution in [-0.4, -0.2) is 14.5 Å². The zero-order valence-electron chi connectivity index (χ0n) is 23.7. The molecule has 0 amide bonds. The highest BCUT2D eigenvalue weighted by atomic mass is 32.1. The van der Waals surface area contributed by atoms with Crippen molar-refractivity contribution in [1.82, 2.24) is 14.5 Å². The van der Waals surface area contributed by atoms with Gasteiger partial charge in [0.15, 0.2) is 5.82 Å². The quantitative estimate of drug-likeness (QED) is 0.208. The number of nitrogens with zero attached hydrogens (tertiary/aromatic N) is 3. The van der Waals surface area contributed by atoms with Gasteiger partial charge >= 0.3 is 0 Å². The number of aromatic nitrogens is 3. The monoisotopic (exact) mass is 579 g/mol. The molecule has 3 heterocycles. The van der Waals surface area contributed by atoms with Crippen LogP contribution in [0.15, 0.2) is 152 Å². The van der Waals surface area contributed by atoms with E-state index in [0.717, 1.165) is 39.6 Å². The molecule has 6 aromatic carbocycles. The van der Waals surface area contributed by atoms with Crippen molar-refractivity contribution in [3.05, 3.63) is 152 Å². The summed E-state index contributed by atoms with van der Waals surface area (Å²) in [6.45, 7) is 0. The van der Waals surface area contributed by atoms with Crippen LogP contribution in [0.1, 0.15) is 0 Å². The van der Waals surface area contributed by atoms with E-state index in [1.165, 1.54) is 42.0 Å². The van der Waals surface area contributed by atoms with Crippen LogP contribution < -0.4 is 0 Å². The maximum absolute atomic E-state index is 5.25. The molecule has 9 aromatic rings. The van der Waals surface area contributed by atoms with Crippen molar-refractivity contribution in [1.29, 1.82) is 0 Å². The normalized spacial score (nSPS) is 11.6. The van der Waals surface area contributed by atoms with Gasteiger partial charge in [0.25, 0.3) is 0 Å². The Kier molecular flexibility index (Phi) is 5.68. The van der Waals surface area contributed by atoms with Crippen molar-refractivity contribution in [2.75, 3.05) is 0 Å². The van der Waals surface area contributed by atoms with Gasteiger partial charge in [-0.1, -0.05) is 115 Å². The number of benzene rings is 6. The summed E-state index contributed by atoms with van der Waals surface area (Å²) in [5.41, 5.74) is 8.46. The van der Waals surface area contributed by atoms with E-state index in [9.17, 15) is 0 Å². The van der Waals surface area contributed by atoms with Crippen molar-refractivity contribution in [3.8, 4) is 39.6 Å². The highest BCUT2D eigenvalue weighted by Crippen LogP contribution is 2.43. The minimum Gasteiger partial charge on any atom is -0.309 e. The molecule has 0 unspecified atom stereocenters. The van der Waals surface area contributed by atoms with Crippen LogP contribution in [0.4, 0.5) is 0 Å². The molecule has 3 aromatic heterocycles. The molecule has 0 aliphatic rings. The fraction of sp³-hybridized carbons (Fsp3) is 0. The van der Waals surface area contributed by atoms with Crippen LogP contribution in [-0.2, 0) is 0 Å². The summed E-state index contributed by atoms with van der Waals surface area (Å²) in [7, 11) is 0. The maximum atomic E-state index is 5.25. The van der Waals surface area contributed by atoms with Crippen molar-refractivity contribution in [2.45, 2.75) is 0 Å². The summed E-state index contributed by atoms with van der Waals surface area (Å²) >= 11 is 1.81. The average molecular weight is 580 g/mol. The highest BCUT2D eigenvalue weighted by Gasteiger charge is 2.19. The summed E-state index contributed by atoms with van der Waals surface area (Å²) in [5, 5.41) is 4.95. The van der Waals surface area contributed by atoms with Crippen LogP contribution in [0.2, 0.25) is 0 Å². The average Bonchev–Trinajstić information content (AvgIpc) is 3.64. The van der Waals surface area contributed by atoms with Crippen molar-refractivity contribution >= 4 is 53.3 Å². The molecule has 206 valence electrons. The first-order chi connectivity index (χ1) is 21.8. The number of rotatable bonds is 4. The summed E-state index contributed by atoms with van der Waals surface area (Å²) < 4.78 is 4.84. The molecule has 0 fully saturated rings. The third-order valence-electron chi connectivity index (χ3n) is 8.41. The third kappa shape index (κ3) is 3.96. The first kappa shape index (κ1) is 25.0. The Morgan fingerprint density at radius 2 is 0.977 bits per heavy atom. The van der Waals surface area contributed by atoms with Gasteiger partial charge < -0.3 is 4.57 Å². The molecule has 0 atom stereocenters. The fourth-order valence-corrected chi connectivity index (χ4v) is 7.58. The topological polar surface area (TPSA) is 30.7 Å². The molecular weight excluding hydrogens is 555 g/mol. The minimum atomic E-state index is 0.726. The number of fused-ring (bicyclic) bond motifs is 6. The second kappa shape index (κ2) is 10.0. The molecule has 44 heavy (non-hydrogen) atoms. The van der Waals surface area contributed by atoms with Gasteiger partial charge in [-0.05, 0) is 36.4 Å². The predicted molar refractivity (Wildman–Crippen MR) is 186 cm³/mol. The van der Waals surface area contributed by atoms with Crippen LogP contribution >= 0.6 is 11.3 Å². The third-order valence-corrected chi connectivity index (χ3v) is 9.63. The largest absolute Gasteiger partial charge is 0.309 e. The van der Waals surface area contributed by atoms with Gasteiger partial charge in [-0.2, -0.15) is 0 Å². The van der Waals surface area contributed by atoms with Gasteiger partial charge in [0, 0.05) is 53.3 Å². The molecule has 3 nitrogen and oxygen atoms in total.